The summed E-state index contributed by atoms with van der Waals surface area (Å²) in [5.41, 5.74) is 1.38. The highest BCUT2D eigenvalue weighted by Crippen LogP contribution is 2.38. The molecule has 0 radical (unpaired) electrons. The molecule has 1 atom stereocenters. The third kappa shape index (κ3) is 2.10. The van der Waals surface area contributed by atoms with E-state index in [0.717, 1.165) is 18.0 Å². The number of aromatic nitrogens is 3. The summed E-state index contributed by atoms with van der Waals surface area (Å²) < 4.78 is 1.94. The first-order chi connectivity index (χ1) is 9.18. The van der Waals surface area contributed by atoms with Gasteiger partial charge in [0.15, 0.2) is 5.65 Å². The van der Waals surface area contributed by atoms with Crippen LogP contribution in [0.3, 0.4) is 0 Å². The number of imidazole rings is 1. The maximum absolute atomic E-state index is 11.2. The average molecular weight is 277 g/mol. The lowest BCUT2D eigenvalue weighted by Crippen LogP contribution is -2.08. The summed E-state index contributed by atoms with van der Waals surface area (Å²) in [6, 6.07) is 1.51. The molecule has 2 aromatic rings. The normalized spacial score (nSPS) is 19.7. The van der Waals surface area contributed by atoms with Crippen LogP contribution in [0.1, 0.15) is 40.7 Å². The highest BCUT2D eigenvalue weighted by atomic mass is 32.2. The van der Waals surface area contributed by atoms with Gasteiger partial charge in [0.2, 0.25) is 0 Å². The zero-order valence-electron chi connectivity index (χ0n) is 10.7. The second-order valence-corrected chi connectivity index (χ2v) is 6.03. The molecule has 5 nitrogen and oxygen atoms in total. The Morgan fingerprint density at radius 2 is 2.37 bits per heavy atom. The molecule has 1 aliphatic heterocycles. The van der Waals surface area contributed by atoms with E-state index < -0.39 is 5.97 Å². The summed E-state index contributed by atoms with van der Waals surface area (Å²) in [7, 11) is 1.92. The Bertz CT molecular complexity index is 632. The molecule has 0 spiro atoms. The number of fused-ring (bicyclic) bond motifs is 1. The van der Waals surface area contributed by atoms with Gasteiger partial charge in [0.1, 0.15) is 11.3 Å². The van der Waals surface area contributed by atoms with Crippen LogP contribution in [0, 0.1) is 0 Å². The van der Waals surface area contributed by atoms with Gasteiger partial charge in [-0.15, -0.1) is 0 Å². The van der Waals surface area contributed by atoms with Crippen molar-refractivity contribution in [2.75, 3.05) is 5.75 Å². The number of pyridine rings is 1. The molecule has 0 amide bonds. The van der Waals surface area contributed by atoms with Gasteiger partial charge < -0.3 is 9.67 Å². The van der Waals surface area contributed by atoms with Gasteiger partial charge in [0, 0.05) is 13.2 Å². The standard InChI is InChI=1S/C13H15N3O2S/c1-16-11(9-4-2-3-7-19-9)15-10-8(13(17)18)5-6-14-12(10)16/h5-6,9H,2-4,7H2,1H3,(H,17,18). The van der Waals surface area contributed by atoms with Gasteiger partial charge in [-0.1, -0.05) is 6.42 Å². The zero-order valence-corrected chi connectivity index (χ0v) is 11.5. The molecule has 2 aromatic heterocycles. The molecular formula is C13H15N3O2S. The summed E-state index contributed by atoms with van der Waals surface area (Å²) in [6.07, 6.45) is 5.10. The molecule has 0 saturated carbocycles. The van der Waals surface area contributed by atoms with Gasteiger partial charge in [-0.25, -0.2) is 14.8 Å². The minimum Gasteiger partial charge on any atom is -0.478 e. The minimum absolute atomic E-state index is 0.229. The number of carbonyl (C=O) groups is 1. The highest BCUT2D eigenvalue weighted by Gasteiger charge is 2.24. The van der Waals surface area contributed by atoms with Crippen LogP contribution in [0.2, 0.25) is 0 Å². The SMILES string of the molecule is Cn1c(C2CCCCS2)nc2c(C(=O)O)ccnc21. The Morgan fingerprint density at radius 1 is 1.53 bits per heavy atom. The van der Waals surface area contributed by atoms with E-state index in [1.165, 1.54) is 25.1 Å². The molecule has 3 heterocycles. The van der Waals surface area contributed by atoms with Crippen molar-refractivity contribution in [3.8, 4) is 0 Å². The second-order valence-electron chi connectivity index (χ2n) is 4.72. The Morgan fingerprint density at radius 3 is 3.05 bits per heavy atom. The van der Waals surface area contributed by atoms with E-state index in [4.69, 9.17) is 0 Å². The number of carboxylic acid groups (broad SMARTS) is 1. The van der Waals surface area contributed by atoms with Crippen molar-refractivity contribution in [2.45, 2.75) is 24.5 Å². The molecule has 1 N–H and O–H groups in total. The Labute approximate surface area is 115 Å². The van der Waals surface area contributed by atoms with Gasteiger partial charge in [0.25, 0.3) is 0 Å². The molecule has 0 aromatic carbocycles. The quantitative estimate of drug-likeness (QED) is 0.914. The lowest BCUT2D eigenvalue weighted by molar-refractivity contribution is 0.0698. The molecule has 1 fully saturated rings. The maximum Gasteiger partial charge on any atom is 0.338 e. The van der Waals surface area contributed by atoms with Crippen LogP contribution in [0.4, 0.5) is 0 Å². The first-order valence-corrected chi connectivity index (χ1v) is 7.39. The first-order valence-electron chi connectivity index (χ1n) is 6.34. The zero-order chi connectivity index (χ0) is 13.4. The number of aromatic carboxylic acids is 1. The van der Waals surface area contributed by atoms with Crippen LogP contribution in [-0.4, -0.2) is 31.4 Å². The minimum atomic E-state index is -0.951. The fourth-order valence-corrected chi connectivity index (χ4v) is 3.85. The van der Waals surface area contributed by atoms with E-state index in [0.29, 0.717) is 16.4 Å². The van der Waals surface area contributed by atoms with Crippen molar-refractivity contribution in [3.05, 3.63) is 23.7 Å². The molecule has 0 bridgehead atoms. The predicted octanol–water partition coefficient (Wildman–Crippen LogP) is 2.62. The monoisotopic (exact) mass is 277 g/mol. The van der Waals surface area contributed by atoms with E-state index in [-0.39, 0.29) is 5.56 Å². The molecule has 3 rings (SSSR count). The van der Waals surface area contributed by atoms with Gasteiger partial charge in [-0.05, 0) is 24.7 Å². The number of hydrogen-bond acceptors (Lipinski definition) is 4. The number of hydrogen-bond donors (Lipinski definition) is 1. The van der Waals surface area contributed by atoms with Crippen molar-refractivity contribution in [1.29, 1.82) is 0 Å². The van der Waals surface area contributed by atoms with E-state index >= 15 is 0 Å². The van der Waals surface area contributed by atoms with Crippen molar-refractivity contribution < 1.29 is 9.90 Å². The van der Waals surface area contributed by atoms with Gasteiger partial charge in [-0.2, -0.15) is 11.8 Å². The first kappa shape index (κ1) is 12.5. The number of thioether (sulfide) groups is 1. The number of aryl methyl sites for hydroxylation is 1. The number of rotatable bonds is 2. The van der Waals surface area contributed by atoms with Crippen molar-refractivity contribution in [1.82, 2.24) is 14.5 Å². The Hall–Kier alpha value is -1.56. The molecule has 1 aliphatic rings. The molecule has 1 unspecified atom stereocenters. The molecule has 0 aliphatic carbocycles. The van der Waals surface area contributed by atoms with Crippen LogP contribution in [0.25, 0.3) is 11.2 Å². The fraction of sp³-hybridized carbons (Fsp3) is 0.462. The van der Waals surface area contributed by atoms with Crippen molar-refractivity contribution >= 4 is 28.9 Å². The Balaban J connectivity index is 2.13. The summed E-state index contributed by atoms with van der Waals surface area (Å²) >= 11 is 1.90. The van der Waals surface area contributed by atoms with Crippen LogP contribution in [0.15, 0.2) is 12.3 Å². The largest absolute Gasteiger partial charge is 0.478 e. The summed E-state index contributed by atoms with van der Waals surface area (Å²) in [5, 5.41) is 9.57. The fourth-order valence-electron chi connectivity index (χ4n) is 2.50. The Kier molecular flexibility index (Phi) is 3.18. The lowest BCUT2D eigenvalue weighted by atomic mass is 10.2. The summed E-state index contributed by atoms with van der Waals surface area (Å²) in [4.78, 5) is 20.1. The van der Waals surface area contributed by atoms with E-state index in [2.05, 4.69) is 9.97 Å². The second kappa shape index (κ2) is 4.85. The maximum atomic E-state index is 11.2. The third-order valence-corrected chi connectivity index (χ3v) is 4.86. The van der Waals surface area contributed by atoms with Crippen LogP contribution < -0.4 is 0 Å². The van der Waals surface area contributed by atoms with Crippen molar-refractivity contribution in [2.24, 2.45) is 7.05 Å². The molecule has 100 valence electrons. The van der Waals surface area contributed by atoms with E-state index in [9.17, 15) is 9.90 Å². The average Bonchev–Trinajstić information content (AvgIpc) is 2.77. The number of nitrogens with zero attached hydrogens (tertiary/aromatic N) is 3. The molecular weight excluding hydrogens is 262 g/mol. The smallest absolute Gasteiger partial charge is 0.338 e. The molecule has 19 heavy (non-hydrogen) atoms. The lowest BCUT2D eigenvalue weighted by Gasteiger charge is -2.20. The highest BCUT2D eigenvalue weighted by molar-refractivity contribution is 7.99. The van der Waals surface area contributed by atoms with Gasteiger partial charge in [-0.3, -0.25) is 0 Å². The van der Waals surface area contributed by atoms with Crippen LogP contribution in [-0.2, 0) is 7.05 Å². The summed E-state index contributed by atoms with van der Waals surface area (Å²) in [6.45, 7) is 0. The predicted molar refractivity (Wildman–Crippen MR) is 74.5 cm³/mol. The summed E-state index contributed by atoms with van der Waals surface area (Å²) in [5.74, 6) is 1.14. The molecule has 6 heteroatoms. The van der Waals surface area contributed by atoms with Crippen LogP contribution in [0.5, 0.6) is 0 Å². The van der Waals surface area contributed by atoms with Crippen molar-refractivity contribution in [3.63, 3.8) is 0 Å². The van der Waals surface area contributed by atoms with E-state index in [1.54, 1.807) is 0 Å². The van der Waals surface area contributed by atoms with Gasteiger partial charge in [0.05, 0.1) is 10.8 Å². The van der Waals surface area contributed by atoms with Gasteiger partial charge >= 0.3 is 5.97 Å². The number of carboxylic acids is 1. The van der Waals surface area contributed by atoms with E-state index in [1.807, 2.05) is 23.4 Å². The molecule has 1 saturated heterocycles. The third-order valence-electron chi connectivity index (χ3n) is 3.49. The van der Waals surface area contributed by atoms with Crippen LogP contribution >= 0.6 is 11.8 Å². The topological polar surface area (TPSA) is 68.0 Å².